The Morgan fingerprint density at radius 3 is 2.52 bits per heavy atom. The number of nitrogens with one attached hydrogen (secondary N) is 1. The van der Waals surface area contributed by atoms with E-state index in [-0.39, 0.29) is 0 Å². The summed E-state index contributed by atoms with van der Waals surface area (Å²) in [5.74, 6) is 0.205. The van der Waals surface area contributed by atoms with Gasteiger partial charge >= 0.3 is 5.97 Å². The Kier molecular flexibility index (Phi) is 8.37. The smallest absolute Gasteiger partial charge is 0.323 e. The van der Waals surface area contributed by atoms with Crippen molar-refractivity contribution < 1.29 is 9.90 Å². The van der Waals surface area contributed by atoms with Crippen LogP contribution in [0.15, 0.2) is 33.6 Å². The van der Waals surface area contributed by atoms with Crippen molar-refractivity contribution in [2.24, 2.45) is 0 Å². The van der Waals surface area contributed by atoms with Crippen molar-refractivity contribution in [2.45, 2.75) is 50.0 Å². The molecule has 0 radical (unpaired) electrons. The summed E-state index contributed by atoms with van der Waals surface area (Å²) in [5.41, 5.74) is -0.768. The number of hydrogen-bond acceptors (Lipinski definition) is 3. The zero-order valence-corrected chi connectivity index (χ0v) is 15.1. The molecule has 118 valence electrons. The fourth-order valence-electron chi connectivity index (χ4n) is 2.18. The number of halogens is 1. The number of carbonyl (C=O) groups is 1. The molecular formula is C16H24BrNO2S. The Morgan fingerprint density at radius 2 is 2.00 bits per heavy atom. The predicted octanol–water partition coefficient (Wildman–Crippen LogP) is 4.55. The van der Waals surface area contributed by atoms with E-state index in [2.05, 4.69) is 40.3 Å². The van der Waals surface area contributed by atoms with Gasteiger partial charge in [0.25, 0.3) is 0 Å². The molecular weight excluding hydrogens is 350 g/mol. The average Bonchev–Trinajstić information content (AvgIpc) is 2.48. The van der Waals surface area contributed by atoms with E-state index in [9.17, 15) is 9.90 Å². The Labute approximate surface area is 140 Å². The number of rotatable bonds is 10. The molecule has 1 unspecified atom stereocenters. The second-order valence-electron chi connectivity index (χ2n) is 5.07. The van der Waals surface area contributed by atoms with Crippen molar-refractivity contribution in [1.82, 2.24) is 5.32 Å². The number of thioether (sulfide) groups is 1. The molecule has 0 aliphatic heterocycles. The van der Waals surface area contributed by atoms with Crippen LogP contribution in [0.1, 0.15) is 39.5 Å². The summed E-state index contributed by atoms with van der Waals surface area (Å²) in [6.45, 7) is 4.75. The molecule has 0 aliphatic rings. The first-order valence-electron chi connectivity index (χ1n) is 7.41. The van der Waals surface area contributed by atoms with Crippen LogP contribution in [-0.4, -0.2) is 28.9 Å². The molecule has 1 rings (SSSR count). The summed E-state index contributed by atoms with van der Waals surface area (Å²) in [5, 5.41) is 12.7. The van der Waals surface area contributed by atoms with Gasteiger partial charge in [-0.15, -0.1) is 11.8 Å². The molecule has 0 heterocycles. The van der Waals surface area contributed by atoms with Gasteiger partial charge in [-0.2, -0.15) is 0 Å². The maximum absolute atomic E-state index is 11.6. The fourth-order valence-corrected chi connectivity index (χ4v) is 3.30. The second kappa shape index (κ2) is 9.49. The van der Waals surface area contributed by atoms with Crippen LogP contribution >= 0.6 is 27.7 Å². The minimum Gasteiger partial charge on any atom is -0.480 e. The summed E-state index contributed by atoms with van der Waals surface area (Å²) in [6, 6.07) is 8.21. The zero-order chi connectivity index (χ0) is 15.7. The predicted molar refractivity (Wildman–Crippen MR) is 93.1 cm³/mol. The largest absolute Gasteiger partial charge is 0.480 e. The molecule has 0 saturated heterocycles. The molecule has 1 atom stereocenters. The Balaban J connectivity index is 2.46. The minimum absolute atomic E-state index is 0.616. The van der Waals surface area contributed by atoms with Crippen LogP contribution < -0.4 is 5.32 Å². The van der Waals surface area contributed by atoms with Crippen LogP contribution in [-0.2, 0) is 4.79 Å². The van der Waals surface area contributed by atoms with Crippen LogP contribution in [0.2, 0.25) is 0 Å². The Bertz CT molecular complexity index is 438. The monoisotopic (exact) mass is 373 g/mol. The lowest BCUT2D eigenvalue weighted by atomic mass is 9.90. The van der Waals surface area contributed by atoms with Gasteiger partial charge in [0, 0.05) is 9.37 Å². The van der Waals surface area contributed by atoms with Gasteiger partial charge in [-0.25, -0.2) is 0 Å². The third kappa shape index (κ3) is 6.01. The van der Waals surface area contributed by atoms with Crippen LogP contribution in [0.25, 0.3) is 0 Å². The highest BCUT2D eigenvalue weighted by molar-refractivity contribution is 9.10. The van der Waals surface area contributed by atoms with Crippen molar-refractivity contribution in [3.8, 4) is 0 Å². The first kappa shape index (κ1) is 18.5. The quantitative estimate of drug-likeness (QED) is 0.466. The van der Waals surface area contributed by atoms with E-state index >= 15 is 0 Å². The standard InChI is InChI=1S/C16H24BrNO2S/c1-3-11-18-16(4-2,15(19)20)10-5-12-21-14-8-6-13(17)7-9-14/h6-9,18H,3-5,10-12H2,1-2H3,(H,19,20). The molecule has 2 N–H and O–H groups in total. The van der Waals surface area contributed by atoms with Gasteiger partial charge in [-0.1, -0.05) is 29.8 Å². The first-order valence-corrected chi connectivity index (χ1v) is 9.18. The van der Waals surface area contributed by atoms with Gasteiger partial charge in [0.05, 0.1) is 0 Å². The lowest BCUT2D eigenvalue weighted by Crippen LogP contribution is -2.52. The summed E-state index contributed by atoms with van der Waals surface area (Å²) in [6.07, 6.45) is 3.12. The molecule has 1 aromatic rings. The van der Waals surface area contributed by atoms with Crippen molar-refractivity contribution >= 4 is 33.7 Å². The Morgan fingerprint density at radius 1 is 1.33 bits per heavy atom. The normalized spacial score (nSPS) is 13.9. The SMILES string of the molecule is CCCNC(CC)(CCCSc1ccc(Br)cc1)C(=O)O. The topological polar surface area (TPSA) is 49.3 Å². The molecule has 5 heteroatoms. The summed E-state index contributed by atoms with van der Waals surface area (Å²) < 4.78 is 1.08. The van der Waals surface area contributed by atoms with Gasteiger partial charge in [0.2, 0.25) is 0 Å². The molecule has 0 bridgehead atoms. The highest BCUT2D eigenvalue weighted by atomic mass is 79.9. The van der Waals surface area contributed by atoms with E-state index in [4.69, 9.17) is 0 Å². The highest BCUT2D eigenvalue weighted by Gasteiger charge is 2.35. The van der Waals surface area contributed by atoms with Gasteiger partial charge in [-0.3, -0.25) is 4.79 Å². The van der Waals surface area contributed by atoms with Crippen LogP contribution in [0.5, 0.6) is 0 Å². The third-order valence-electron chi connectivity index (χ3n) is 3.56. The molecule has 0 spiro atoms. The second-order valence-corrected chi connectivity index (χ2v) is 7.16. The fraction of sp³-hybridized carbons (Fsp3) is 0.562. The summed E-state index contributed by atoms with van der Waals surface area (Å²) in [4.78, 5) is 12.8. The van der Waals surface area contributed by atoms with E-state index in [0.717, 1.165) is 29.6 Å². The Hall–Kier alpha value is -0.520. The molecule has 0 fully saturated rings. The highest BCUT2D eigenvalue weighted by Crippen LogP contribution is 2.24. The number of aliphatic carboxylic acids is 1. The summed E-state index contributed by atoms with van der Waals surface area (Å²) >= 11 is 5.19. The lowest BCUT2D eigenvalue weighted by Gasteiger charge is -2.29. The molecule has 0 amide bonds. The third-order valence-corrected chi connectivity index (χ3v) is 5.18. The van der Waals surface area contributed by atoms with Crippen molar-refractivity contribution in [3.63, 3.8) is 0 Å². The molecule has 0 saturated carbocycles. The van der Waals surface area contributed by atoms with Crippen LogP contribution in [0, 0.1) is 0 Å². The maximum atomic E-state index is 11.6. The van der Waals surface area contributed by atoms with E-state index in [1.54, 1.807) is 11.8 Å². The van der Waals surface area contributed by atoms with Crippen molar-refractivity contribution in [2.75, 3.05) is 12.3 Å². The minimum atomic E-state index is -0.768. The van der Waals surface area contributed by atoms with Gasteiger partial charge in [0.15, 0.2) is 0 Å². The van der Waals surface area contributed by atoms with Crippen molar-refractivity contribution in [3.05, 3.63) is 28.7 Å². The molecule has 0 aromatic heterocycles. The number of carboxylic acids is 1. The maximum Gasteiger partial charge on any atom is 0.323 e. The zero-order valence-electron chi connectivity index (χ0n) is 12.7. The first-order chi connectivity index (χ1) is 10.0. The summed E-state index contributed by atoms with van der Waals surface area (Å²) in [7, 11) is 0. The number of benzene rings is 1. The molecule has 21 heavy (non-hydrogen) atoms. The number of hydrogen-bond donors (Lipinski definition) is 2. The van der Waals surface area contributed by atoms with E-state index in [0.29, 0.717) is 12.8 Å². The average molecular weight is 374 g/mol. The molecule has 1 aromatic carbocycles. The van der Waals surface area contributed by atoms with Crippen LogP contribution in [0.4, 0.5) is 0 Å². The van der Waals surface area contributed by atoms with Gasteiger partial charge in [-0.05, 0) is 62.2 Å². The van der Waals surface area contributed by atoms with Gasteiger partial charge in [0.1, 0.15) is 5.54 Å². The van der Waals surface area contributed by atoms with E-state index in [1.807, 2.05) is 19.1 Å². The van der Waals surface area contributed by atoms with Crippen LogP contribution in [0.3, 0.4) is 0 Å². The van der Waals surface area contributed by atoms with Gasteiger partial charge < -0.3 is 10.4 Å². The van der Waals surface area contributed by atoms with E-state index in [1.165, 1.54) is 4.90 Å². The van der Waals surface area contributed by atoms with E-state index < -0.39 is 11.5 Å². The lowest BCUT2D eigenvalue weighted by molar-refractivity contribution is -0.145. The molecule has 3 nitrogen and oxygen atoms in total. The number of carboxylic acid groups (broad SMARTS) is 1. The molecule has 0 aliphatic carbocycles. The van der Waals surface area contributed by atoms with Crippen molar-refractivity contribution in [1.29, 1.82) is 0 Å².